The maximum absolute atomic E-state index is 5.88. The standard InChI is InChI=1S/C16H13ClN2O3/c17-13-2-1-3-15(10-13)21-9-8-20-14-6-4-12(5-7-14)16-19-18-11-22-16/h1-7,10-11H,8-9H2. The summed E-state index contributed by atoms with van der Waals surface area (Å²) in [4.78, 5) is 0. The normalized spacial score (nSPS) is 10.4. The lowest BCUT2D eigenvalue weighted by atomic mass is 10.2. The lowest BCUT2D eigenvalue weighted by Gasteiger charge is -2.08. The third-order valence-electron chi connectivity index (χ3n) is 2.88. The summed E-state index contributed by atoms with van der Waals surface area (Å²) in [6, 6.07) is 14.7. The van der Waals surface area contributed by atoms with E-state index in [4.69, 9.17) is 25.5 Å². The summed E-state index contributed by atoms with van der Waals surface area (Å²) in [5.74, 6) is 1.96. The summed E-state index contributed by atoms with van der Waals surface area (Å²) in [5.41, 5.74) is 0.847. The van der Waals surface area contributed by atoms with Crippen molar-refractivity contribution >= 4 is 11.6 Å². The lowest BCUT2D eigenvalue weighted by Crippen LogP contribution is -2.08. The Morgan fingerprint density at radius 1 is 0.955 bits per heavy atom. The fraction of sp³-hybridized carbons (Fsp3) is 0.125. The summed E-state index contributed by atoms with van der Waals surface area (Å²) < 4.78 is 16.3. The van der Waals surface area contributed by atoms with Crippen molar-refractivity contribution in [1.82, 2.24) is 10.2 Å². The molecule has 0 amide bonds. The zero-order valence-corrected chi connectivity index (χ0v) is 12.4. The Labute approximate surface area is 132 Å². The second-order valence-corrected chi connectivity index (χ2v) is 4.86. The molecule has 2 aromatic carbocycles. The molecule has 1 heterocycles. The molecule has 0 radical (unpaired) electrons. The molecule has 0 aliphatic heterocycles. The number of aromatic nitrogens is 2. The van der Waals surface area contributed by atoms with Crippen LogP contribution in [-0.2, 0) is 0 Å². The van der Waals surface area contributed by atoms with Crippen molar-refractivity contribution in [1.29, 1.82) is 0 Å². The molecule has 0 N–H and O–H groups in total. The number of rotatable bonds is 6. The maximum Gasteiger partial charge on any atom is 0.247 e. The molecule has 0 unspecified atom stereocenters. The van der Waals surface area contributed by atoms with Gasteiger partial charge in [-0.25, -0.2) is 0 Å². The van der Waals surface area contributed by atoms with E-state index in [1.165, 1.54) is 6.39 Å². The maximum atomic E-state index is 5.88. The first-order chi connectivity index (χ1) is 10.8. The molecule has 112 valence electrons. The topological polar surface area (TPSA) is 57.4 Å². The van der Waals surface area contributed by atoms with Gasteiger partial charge in [0.15, 0.2) is 0 Å². The molecule has 3 rings (SSSR count). The molecule has 5 nitrogen and oxygen atoms in total. The number of benzene rings is 2. The highest BCUT2D eigenvalue weighted by molar-refractivity contribution is 6.30. The monoisotopic (exact) mass is 316 g/mol. The van der Waals surface area contributed by atoms with Crippen molar-refractivity contribution in [3.8, 4) is 23.0 Å². The average molecular weight is 317 g/mol. The Hall–Kier alpha value is -2.53. The van der Waals surface area contributed by atoms with Gasteiger partial charge in [0, 0.05) is 10.6 Å². The molecule has 6 heteroatoms. The van der Waals surface area contributed by atoms with Gasteiger partial charge in [-0.05, 0) is 42.5 Å². The first kappa shape index (κ1) is 14.4. The van der Waals surface area contributed by atoms with Gasteiger partial charge in [0.2, 0.25) is 12.3 Å². The van der Waals surface area contributed by atoms with E-state index in [1.807, 2.05) is 36.4 Å². The number of nitrogens with zero attached hydrogens (tertiary/aromatic N) is 2. The fourth-order valence-corrected chi connectivity index (χ4v) is 2.05. The molecular formula is C16H13ClN2O3. The first-order valence-electron chi connectivity index (χ1n) is 6.69. The average Bonchev–Trinajstić information content (AvgIpc) is 3.07. The lowest BCUT2D eigenvalue weighted by molar-refractivity contribution is 0.217. The van der Waals surface area contributed by atoms with Crippen molar-refractivity contribution < 1.29 is 13.9 Å². The van der Waals surface area contributed by atoms with E-state index in [2.05, 4.69) is 10.2 Å². The van der Waals surface area contributed by atoms with Gasteiger partial charge in [-0.15, -0.1) is 10.2 Å². The zero-order chi connectivity index (χ0) is 15.2. The van der Waals surface area contributed by atoms with Crippen LogP contribution in [-0.4, -0.2) is 23.4 Å². The Balaban J connectivity index is 1.48. The number of halogens is 1. The van der Waals surface area contributed by atoms with Gasteiger partial charge < -0.3 is 13.9 Å². The zero-order valence-electron chi connectivity index (χ0n) is 11.6. The van der Waals surface area contributed by atoms with Crippen LogP contribution in [0.15, 0.2) is 59.3 Å². The van der Waals surface area contributed by atoms with Gasteiger partial charge in [-0.2, -0.15) is 0 Å². The molecule has 0 atom stereocenters. The van der Waals surface area contributed by atoms with E-state index in [-0.39, 0.29) is 0 Å². The number of hydrogen-bond donors (Lipinski definition) is 0. The van der Waals surface area contributed by atoms with E-state index < -0.39 is 0 Å². The molecular weight excluding hydrogens is 304 g/mol. The van der Waals surface area contributed by atoms with Crippen molar-refractivity contribution in [2.45, 2.75) is 0 Å². The second kappa shape index (κ2) is 6.95. The molecule has 0 saturated heterocycles. The summed E-state index contributed by atoms with van der Waals surface area (Å²) >= 11 is 5.88. The third-order valence-corrected chi connectivity index (χ3v) is 3.11. The van der Waals surface area contributed by atoms with Gasteiger partial charge in [-0.1, -0.05) is 17.7 Å². The highest BCUT2D eigenvalue weighted by Gasteiger charge is 2.03. The van der Waals surface area contributed by atoms with Crippen LogP contribution < -0.4 is 9.47 Å². The van der Waals surface area contributed by atoms with Crippen LogP contribution in [0.4, 0.5) is 0 Å². The number of hydrogen-bond acceptors (Lipinski definition) is 5. The predicted molar refractivity (Wildman–Crippen MR) is 82.2 cm³/mol. The Morgan fingerprint density at radius 3 is 2.41 bits per heavy atom. The van der Waals surface area contributed by atoms with E-state index >= 15 is 0 Å². The van der Waals surface area contributed by atoms with Crippen LogP contribution in [0, 0.1) is 0 Å². The van der Waals surface area contributed by atoms with E-state index in [1.54, 1.807) is 12.1 Å². The molecule has 0 spiro atoms. The van der Waals surface area contributed by atoms with Gasteiger partial charge >= 0.3 is 0 Å². The summed E-state index contributed by atoms with van der Waals surface area (Å²) in [7, 11) is 0. The Morgan fingerprint density at radius 2 is 1.73 bits per heavy atom. The van der Waals surface area contributed by atoms with Crippen LogP contribution in [0.2, 0.25) is 5.02 Å². The molecule has 3 aromatic rings. The van der Waals surface area contributed by atoms with Gasteiger partial charge in [-0.3, -0.25) is 0 Å². The summed E-state index contributed by atoms with van der Waals surface area (Å²) in [6.07, 6.45) is 1.30. The smallest absolute Gasteiger partial charge is 0.247 e. The van der Waals surface area contributed by atoms with Gasteiger partial charge in [0.25, 0.3) is 0 Å². The highest BCUT2D eigenvalue weighted by atomic mass is 35.5. The van der Waals surface area contributed by atoms with Crippen LogP contribution in [0.3, 0.4) is 0 Å². The first-order valence-corrected chi connectivity index (χ1v) is 7.07. The molecule has 22 heavy (non-hydrogen) atoms. The molecule has 1 aromatic heterocycles. The Kier molecular flexibility index (Phi) is 4.56. The minimum atomic E-state index is 0.436. The third kappa shape index (κ3) is 3.77. The fourth-order valence-electron chi connectivity index (χ4n) is 1.87. The molecule has 0 saturated carbocycles. The van der Waals surface area contributed by atoms with Crippen molar-refractivity contribution in [2.75, 3.05) is 13.2 Å². The van der Waals surface area contributed by atoms with E-state index in [0.717, 1.165) is 17.1 Å². The van der Waals surface area contributed by atoms with Crippen LogP contribution in [0.5, 0.6) is 11.5 Å². The van der Waals surface area contributed by atoms with Gasteiger partial charge in [0.1, 0.15) is 24.7 Å². The van der Waals surface area contributed by atoms with Crippen LogP contribution >= 0.6 is 11.6 Å². The quantitative estimate of drug-likeness (QED) is 0.646. The van der Waals surface area contributed by atoms with Crippen LogP contribution in [0.25, 0.3) is 11.5 Å². The Bertz CT molecular complexity index is 715. The van der Waals surface area contributed by atoms with Crippen molar-refractivity contribution in [3.05, 3.63) is 59.9 Å². The van der Waals surface area contributed by atoms with E-state index in [0.29, 0.717) is 24.1 Å². The number of ether oxygens (including phenoxy) is 2. The molecule has 0 aliphatic carbocycles. The van der Waals surface area contributed by atoms with Crippen molar-refractivity contribution in [2.24, 2.45) is 0 Å². The van der Waals surface area contributed by atoms with Crippen molar-refractivity contribution in [3.63, 3.8) is 0 Å². The summed E-state index contributed by atoms with van der Waals surface area (Å²) in [6.45, 7) is 0.873. The van der Waals surface area contributed by atoms with Gasteiger partial charge in [0.05, 0.1) is 0 Å². The molecule has 0 aliphatic rings. The minimum absolute atomic E-state index is 0.436. The van der Waals surface area contributed by atoms with E-state index in [9.17, 15) is 0 Å². The molecule has 0 bridgehead atoms. The highest BCUT2D eigenvalue weighted by Crippen LogP contribution is 2.20. The second-order valence-electron chi connectivity index (χ2n) is 4.42. The predicted octanol–water partition coefficient (Wildman–Crippen LogP) is 3.85. The SMILES string of the molecule is Clc1cccc(OCCOc2ccc(-c3nnco3)cc2)c1. The molecule has 0 fully saturated rings. The summed E-state index contributed by atoms with van der Waals surface area (Å²) in [5, 5.41) is 8.13. The largest absolute Gasteiger partial charge is 0.490 e. The van der Waals surface area contributed by atoms with Crippen LogP contribution in [0.1, 0.15) is 0 Å². The minimum Gasteiger partial charge on any atom is -0.490 e.